The molecule has 0 aromatic carbocycles. The van der Waals surface area contributed by atoms with Gasteiger partial charge in [0.15, 0.2) is 0 Å². The lowest BCUT2D eigenvalue weighted by atomic mass is 10.1. The summed E-state index contributed by atoms with van der Waals surface area (Å²) in [6, 6.07) is 6.60. The lowest BCUT2D eigenvalue weighted by Crippen LogP contribution is -2.34. The minimum atomic E-state index is 0.318. The Labute approximate surface area is 139 Å². The molecule has 23 heavy (non-hydrogen) atoms. The molecule has 0 spiro atoms. The molecule has 3 heterocycles. The summed E-state index contributed by atoms with van der Waals surface area (Å²) in [6.07, 6.45) is 5.55. The van der Waals surface area contributed by atoms with Gasteiger partial charge in [-0.2, -0.15) is 10.1 Å². The third kappa shape index (κ3) is 4.05. The number of aromatic nitrogens is 4. The zero-order valence-electron chi connectivity index (χ0n) is 13.3. The average Bonchev–Trinajstić information content (AvgIpc) is 3.32. The number of nitrogens with one attached hydrogen (secondary N) is 1. The van der Waals surface area contributed by atoms with Crippen LogP contribution in [0, 0.1) is 0 Å². The first-order valence-electron chi connectivity index (χ1n) is 7.83. The molecule has 0 saturated heterocycles. The van der Waals surface area contributed by atoms with E-state index in [1.165, 1.54) is 0 Å². The predicted octanol–water partition coefficient (Wildman–Crippen LogP) is 3.17. The van der Waals surface area contributed by atoms with Gasteiger partial charge in [0.1, 0.15) is 0 Å². The molecule has 1 N–H and O–H groups in total. The fraction of sp³-hybridized carbons (Fsp3) is 0.438. The molecule has 3 aromatic rings. The van der Waals surface area contributed by atoms with Crippen molar-refractivity contribution in [2.75, 3.05) is 6.54 Å². The fourth-order valence-electron chi connectivity index (χ4n) is 2.35. The SMILES string of the molecule is C[C@H](NCCCc1nc(-c2cccs2)no1)[C@H](C)n1cccn1. The van der Waals surface area contributed by atoms with Crippen LogP contribution in [0.3, 0.4) is 0 Å². The summed E-state index contributed by atoms with van der Waals surface area (Å²) < 4.78 is 7.28. The van der Waals surface area contributed by atoms with Crippen LogP contribution in [0.4, 0.5) is 0 Å². The lowest BCUT2D eigenvalue weighted by molar-refractivity contribution is 0.353. The first-order valence-corrected chi connectivity index (χ1v) is 8.71. The molecule has 0 radical (unpaired) electrons. The Hall–Kier alpha value is -1.99. The van der Waals surface area contributed by atoms with E-state index in [2.05, 4.69) is 34.4 Å². The minimum Gasteiger partial charge on any atom is -0.339 e. The molecular formula is C16H21N5OS. The van der Waals surface area contributed by atoms with Crippen LogP contribution in [0.25, 0.3) is 10.7 Å². The molecule has 0 amide bonds. The maximum atomic E-state index is 5.31. The van der Waals surface area contributed by atoms with Crippen LogP contribution in [0.5, 0.6) is 0 Å². The highest BCUT2D eigenvalue weighted by Crippen LogP contribution is 2.21. The Bertz CT molecular complexity index is 692. The quantitative estimate of drug-likeness (QED) is 0.642. The second-order valence-electron chi connectivity index (χ2n) is 5.56. The molecule has 7 heteroatoms. The number of hydrogen-bond donors (Lipinski definition) is 1. The highest BCUT2D eigenvalue weighted by Gasteiger charge is 2.13. The van der Waals surface area contributed by atoms with Gasteiger partial charge in [0.25, 0.3) is 0 Å². The van der Waals surface area contributed by atoms with E-state index in [4.69, 9.17) is 4.52 Å². The van der Waals surface area contributed by atoms with Gasteiger partial charge in [0, 0.05) is 24.9 Å². The van der Waals surface area contributed by atoms with E-state index < -0.39 is 0 Å². The van der Waals surface area contributed by atoms with Gasteiger partial charge < -0.3 is 9.84 Å². The van der Waals surface area contributed by atoms with Crippen LogP contribution >= 0.6 is 11.3 Å². The topological polar surface area (TPSA) is 68.8 Å². The Balaban J connectivity index is 1.41. The van der Waals surface area contributed by atoms with E-state index in [1.807, 2.05) is 40.7 Å². The highest BCUT2D eigenvalue weighted by molar-refractivity contribution is 7.13. The molecule has 3 rings (SSSR count). The lowest BCUT2D eigenvalue weighted by Gasteiger charge is -2.21. The molecule has 0 aliphatic rings. The van der Waals surface area contributed by atoms with Crippen molar-refractivity contribution in [3.63, 3.8) is 0 Å². The van der Waals surface area contributed by atoms with Gasteiger partial charge in [0.2, 0.25) is 11.7 Å². The van der Waals surface area contributed by atoms with E-state index in [9.17, 15) is 0 Å². The van der Waals surface area contributed by atoms with Crippen molar-refractivity contribution in [3.8, 4) is 10.7 Å². The average molecular weight is 331 g/mol. The van der Waals surface area contributed by atoms with Gasteiger partial charge in [-0.3, -0.25) is 4.68 Å². The normalized spacial score (nSPS) is 14.0. The van der Waals surface area contributed by atoms with E-state index in [1.54, 1.807) is 11.3 Å². The molecule has 2 atom stereocenters. The van der Waals surface area contributed by atoms with Crippen molar-refractivity contribution in [2.45, 2.75) is 38.8 Å². The van der Waals surface area contributed by atoms with Gasteiger partial charge in [-0.05, 0) is 44.3 Å². The molecule has 122 valence electrons. The van der Waals surface area contributed by atoms with Crippen molar-refractivity contribution in [1.82, 2.24) is 25.2 Å². The van der Waals surface area contributed by atoms with Gasteiger partial charge in [-0.1, -0.05) is 11.2 Å². The van der Waals surface area contributed by atoms with Gasteiger partial charge in [-0.25, -0.2) is 0 Å². The van der Waals surface area contributed by atoms with Gasteiger partial charge in [0.05, 0.1) is 10.9 Å². The zero-order chi connectivity index (χ0) is 16.1. The molecule has 0 bridgehead atoms. The first-order chi connectivity index (χ1) is 11.2. The molecule has 3 aromatic heterocycles. The zero-order valence-corrected chi connectivity index (χ0v) is 14.2. The van der Waals surface area contributed by atoms with Gasteiger partial charge in [-0.15, -0.1) is 11.3 Å². The number of thiophene rings is 1. The Morgan fingerprint density at radius 1 is 1.35 bits per heavy atom. The monoisotopic (exact) mass is 331 g/mol. The third-order valence-corrected chi connectivity index (χ3v) is 4.77. The molecular weight excluding hydrogens is 310 g/mol. The third-order valence-electron chi connectivity index (χ3n) is 3.91. The smallest absolute Gasteiger partial charge is 0.227 e. The van der Waals surface area contributed by atoms with Crippen molar-refractivity contribution in [1.29, 1.82) is 0 Å². The van der Waals surface area contributed by atoms with E-state index in [-0.39, 0.29) is 0 Å². The van der Waals surface area contributed by atoms with Gasteiger partial charge >= 0.3 is 0 Å². The second-order valence-corrected chi connectivity index (χ2v) is 6.51. The van der Waals surface area contributed by atoms with E-state index in [0.29, 0.717) is 23.8 Å². The Kier molecular flexibility index (Phi) is 5.19. The van der Waals surface area contributed by atoms with E-state index in [0.717, 1.165) is 24.3 Å². The van der Waals surface area contributed by atoms with Crippen molar-refractivity contribution in [3.05, 3.63) is 41.9 Å². The minimum absolute atomic E-state index is 0.318. The largest absolute Gasteiger partial charge is 0.339 e. The van der Waals surface area contributed by atoms with Crippen molar-refractivity contribution in [2.24, 2.45) is 0 Å². The summed E-state index contributed by atoms with van der Waals surface area (Å²) in [5, 5.41) is 13.8. The Morgan fingerprint density at radius 2 is 2.26 bits per heavy atom. The molecule has 0 fully saturated rings. The maximum Gasteiger partial charge on any atom is 0.227 e. The maximum absolute atomic E-state index is 5.31. The summed E-state index contributed by atoms with van der Waals surface area (Å²) in [7, 11) is 0. The van der Waals surface area contributed by atoms with Crippen molar-refractivity contribution >= 4 is 11.3 Å². The molecule has 0 aliphatic carbocycles. The number of hydrogen-bond acceptors (Lipinski definition) is 6. The molecule has 6 nitrogen and oxygen atoms in total. The summed E-state index contributed by atoms with van der Waals surface area (Å²) in [4.78, 5) is 5.48. The second kappa shape index (κ2) is 7.52. The standard InChI is InChI=1S/C16H21N5OS/c1-12(13(2)21-10-5-9-18-21)17-8-3-7-15-19-16(20-22-15)14-6-4-11-23-14/h4-6,9-13,17H,3,7-8H2,1-2H3/t12-,13-/m0/s1. The van der Waals surface area contributed by atoms with E-state index >= 15 is 0 Å². The number of aryl methyl sites for hydroxylation is 1. The Morgan fingerprint density at radius 3 is 3.00 bits per heavy atom. The first kappa shape index (κ1) is 15.9. The van der Waals surface area contributed by atoms with Crippen LogP contribution < -0.4 is 5.32 Å². The predicted molar refractivity (Wildman–Crippen MR) is 90.3 cm³/mol. The number of rotatable bonds is 8. The van der Waals surface area contributed by atoms with Crippen LogP contribution in [0.15, 0.2) is 40.5 Å². The molecule has 0 saturated carbocycles. The number of nitrogens with zero attached hydrogens (tertiary/aromatic N) is 4. The van der Waals surface area contributed by atoms with Crippen LogP contribution in [0.2, 0.25) is 0 Å². The fourth-order valence-corrected chi connectivity index (χ4v) is 3.00. The summed E-state index contributed by atoms with van der Waals surface area (Å²) in [6.45, 7) is 5.24. The molecule has 0 aliphatic heterocycles. The highest BCUT2D eigenvalue weighted by atomic mass is 32.1. The van der Waals surface area contributed by atoms with Crippen LogP contribution in [0.1, 0.15) is 32.2 Å². The summed E-state index contributed by atoms with van der Waals surface area (Å²) in [5.41, 5.74) is 0. The van der Waals surface area contributed by atoms with Crippen molar-refractivity contribution < 1.29 is 4.52 Å². The van der Waals surface area contributed by atoms with Crippen LogP contribution in [-0.2, 0) is 6.42 Å². The van der Waals surface area contributed by atoms with Crippen LogP contribution in [-0.4, -0.2) is 32.5 Å². The summed E-state index contributed by atoms with van der Waals surface area (Å²) in [5.74, 6) is 1.38. The molecule has 0 unspecified atom stereocenters. The summed E-state index contributed by atoms with van der Waals surface area (Å²) >= 11 is 1.62.